The third-order valence-electron chi connectivity index (χ3n) is 4.75. The molecule has 0 atom stereocenters. The SMILES string of the molecule is COc1ccc(NC(=O)c2cncc(NCCc3c[nH]c4ccccc34)c2)cc1. The number of rotatable bonds is 7. The van der Waals surface area contributed by atoms with Crippen LogP contribution in [0.15, 0.2) is 73.2 Å². The number of ether oxygens (including phenoxy) is 1. The summed E-state index contributed by atoms with van der Waals surface area (Å²) in [5, 5.41) is 7.45. The number of aromatic amines is 1. The molecule has 2 heterocycles. The van der Waals surface area contributed by atoms with Crippen LogP contribution in [0.2, 0.25) is 0 Å². The lowest BCUT2D eigenvalue weighted by molar-refractivity contribution is 0.102. The van der Waals surface area contributed by atoms with E-state index < -0.39 is 0 Å². The van der Waals surface area contributed by atoms with Gasteiger partial charge in [-0.1, -0.05) is 18.2 Å². The molecule has 4 aromatic rings. The van der Waals surface area contributed by atoms with Crippen molar-refractivity contribution in [3.8, 4) is 5.75 Å². The maximum absolute atomic E-state index is 12.5. The molecule has 1 amide bonds. The molecule has 0 radical (unpaired) electrons. The van der Waals surface area contributed by atoms with Gasteiger partial charge in [-0.15, -0.1) is 0 Å². The topological polar surface area (TPSA) is 79.0 Å². The minimum atomic E-state index is -0.206. The fourth-order valence-electron chi connectivity index (χ4n) is 3.22. The number of nitrogens with one attached hydrogen (secondary N) is 3. The third kappa shape index (κ3) is 4.38. The number of benzene rings is 2. The fraction of sp³-hybridized carbons (Fsp3) is 0.130. The number of para-hydroxylation sites is 1. The molecular weight excluding hydrogens is 364 g/mol. The van der Waals surface area contributed by atoms with E-state index in [2.05, 4.69) is 32.7 Å². The van der Waals surface area contributed by atoms with E-state index in [1.54, 1.807) is 49.8 Å². The summed E-state index contributed by atoms with van der Waals surface area (Å²) in [4.78, 5) is 20.0. The Bertz CT molecular complexity index is 1120. The lowest BCUT2D eigenvalue weighted by atomic mass is 10.1. The molecule has 0 saturated carbocycles. The van der Waals surface area contributed by atoms with Gasteiger partial charge in [-0.05, 0) is 48.4 Å². The van der Waals surface area contributed by atoms with Gasteiger partial charge < -0.3 is 20.4 Å². The van der Waals surface area contributed by atoms with E-state index in [0.717, 1.165) is 29.9 Å². The number of fused-ring (bicyclic) bond motifs is 1. The quantitative estimate of drug-likeness (QED) is 0.438. The first-order chi connectivity index (χ1) is 14.2. The van der Waals surface area contributed by atoms with Crippen molar-refractivity contribution >= 4 is 28.2 Å². The molecule has 6 nitrogen and oxygen atoms in total. The van der Waals surface area contributed by atoms with Gasteiger partial charge >= 0.3 is 0 Å². The average molecular weight is 386 g/mol. The minimum Gasteiger partial charge on any atom is -0.497 e. The van der Waals surface area contributed by atoms with Gasteiger partial charge in [0.05, 0.1) is 18.4 Å². The van der Waals surface area contributed by atoms with Crippen molar-refractivity contribution < 1.29 is 9.53 Å². The fourth-order valence-corrected chi connectivity index (χ4v) is 3.22. The van der Waals surface area contributed by atoms with Crippen molar-refractivity contribution in [3.05, 3.63) is 84.3 Å². The van der Waals surface area contributed by atoms with Gasteiger partial charge in [0.25, 0.3) is 5.91 Å². The van der Waals surface area contributed by atoms with E-state index in [0.29, 0.717) is 11.3 Å². The number of H-pyrrole nitrogens is 1. The maximum atomic E-state index is 12.5. The van der Waals surface area contributed by atoms with Crippen LogP contribution in [0.3, 0.4) is 0 Å². The molecule has 0 saturated heterocycles. The molecule has 0 bridgehead atoms. The van der Waals surface area contributed by atoms with Crippen LogP contribution in [-0.4, -0.2) is 29.5 Å². The van der Waals surface area contributed by atoms with Gasteiger partial charge in [-0.3, -0.25) is 9.78 Å². The summed E-state index contributed by atoms with van der Waals surface area (Å²) in [6.45, 7) is 0.743. The second kappa shape index (κ2) is 8.48. The van der Waals surface area contributed by atoms with Crippen LogP contribution in [0.4, 0.5) is 11.4 Å². The van der Waals surface area contributed by atoms with Crippen LogP contribution >= 0.6 is 0 Å². The van der Waals surface area contributed by atoms with Crippen molar-refractivity contribution in [2.75, 3.05) is 24.3 Å². The summed E-state index contributed by atoms with van der Waals surface area (Å²) in [6.07, 6.45) is 6.19. The van der Waals surface area contributed by atoms with Crippen LogP contribution in [0.1, 0.15) is 15.9 Å². The number of hydrogen-bond acceptors (Lipinski definition) is 4. The van der Waals surface area contributed by atoms with Crippen LogP contribution in [0.25, 0.3) is 10.9 Å². The monoisotopic (exact) mass is 386 g/mol. The molecule has 0 aliphatic rings. The van der Waals surface area contributed by atoms with E-state index >= 15 is 0 Å². The second-order valence-electron chi connectivity index (χ2n) is 6.68. The highest BCUT2D eigenvalue weighted by Crippen LogP contribution is 2.19. The van der Waals surface area contributed by atoms with E-state index in [9.17, 15) is 4.79 Å². The molecule has 0 aliphatic heterocycles. The normalized spacial score (nSPS) is 10.7. The van der Waals surface area contributed by atoms with Gasteiger partial charge in [-0.25, -0.2) is 0 Å². The molecule has 2 aromatic heterocycles. The van der Waals surface area contributed by atoms with Gasteiger partial charge in [0, 0.05) is 41.7 Å². The smallest absolute Gasteiger partial charge is 0.257 e. The number of carbonyl (C=O) groups is 1. The van der Waals surface area contributed by atoms with E-state index in [4.69, 9.17) is 4.74 Å². The molecule has 0 fully saturated rings. The van der Waals surface area contributed by atoms with Crippen molar-refractivity contribution in [1.29, 1.82) is 0 Å². The Labute approximate surface area is 168 Å². The van der Waals surface area contributed by atoms with Gasteiger partial charge in [0.1, 0.15) is 5.75 Å². The number of pyridine rings is 1. The highest BCUT2D eigenvalue weighted by molar-refractivity contribution is 6.04. The standard InChI is InChI=1S/C23H22N4O2/c1-29-20-8-6-18(7-9-20)27-23(28)17-12-19(15-24-13-17)25-11-10-16-14-26-22-5-3-2-4-21(16)22/h2-9,12-15,25-26H,10-11H2,1H3,(H,27,28). The van der Waals surface area contributed by atoms with Crippen LogP contribution < -0.4 is 15.4 Å². The molecule has 146 valence electrons. The van der Waals surface area contributed by atoms with Crippen LogP contribution in [0.5, 0.6) is 5.75 Å². The summed E-state index contributed by atoms with van der Waals surface area (Å²) >= 11 is 0. The van der Waals surface area contributed by atoms with E-state index in [1.165, 1.54) is 10.9 Å². The maximum Gasteiger partial charge on any atom is 0.257 e. The molecule has 4 rings (SSSR count). The minimum absolute atomic E-state index is 0.206. The number of nitrogens with zero attached hydrogens (tertiary/aromatic N) is 1. The zero-order valence-corrected chi connectivity index (χ0v) is 16.1. The van der Waals surface area contributed by atoms with Gasteiger partial charge in [0.2, 0.25) is 0 Å². The van der Waals surface area contributed by atoms with Crippen molar-refractivity contribution in [3.63, 3.8) is 0 Å². The Hall–Kier alpha value is -3.80. The summed E-state index contributed by atoms with van der Waals surface area (Å²) in [6, 6.07) is 17.3. The lowest BCUT2D eigenvalue weighted by Crippen LogP contribution is -2.13. The summed E-state index contributed by atoms with van der Waals surface area (Å²) in [7, 11) is 1.61. The Kier molecular flexibility index (Phi) is 5.42. The first-order valence-electron chi connectivity index (χ1n) is 9.42. The van der Waals surface area contributed by atoms with Gasteiger partial charge in [0.15, 0.2) is 0 Å². The average Bonchev–Trinajstić information content (AvgIpc) is 3.18. The highest BCUT2D eigenvalue weighted by atomic mass is 16.5. The lowest BCUT2D eigenvalue weighted by Gasteiger charge is -2.09. The predicted octanol–water partition coefficient (Wildman–Crippen LogP) is 4.48. The largest absolute Gasteiger partial charge is 0.497 e. The second-order valence-corrected chi connectivity index (χ2v) is 6.68. The molecule has 29 heavy (non-hydrogen) atoms. The molecular formula is C23H22N4O2. The number of anilines is 2. The Morgan fingerprint density at radius 1 is 1.07 bits per heavy atom. The number of amides is 1. The number of aromatic nitrogens is 2. The van der Waals surface area contributed by atoms with Crippen LogP contribution in [0, 0.1) is 0 Å². The molecule has 3 N–H and O–H groups in total. The van der Waals surface area contributed by atoms with E-state index in [1.807, 2.05) is 18.3 Å². The molecule has 0 spiro atoms. The summed E-state index contributed by atoms with van der Waals surface area (Å²) < 4.78 is 5.13. The van der Waals surface area contributed by atoms with Gasteiger partial charge in [-0.2, -0.15) is 0 Å². The Morgan fingerprint density at radius 3 is 2.72 bits per heavy atom. The first kappa shape index (κ1) is 18.6. The Balaban J connectivity index is 1.37. The van der Waals surface area contributed by atoms with Crippen LogP contribution in [-0.2, 0) is 6.42 Å². The summed E-state index contributed by atoms with van der Waals surface area (Å²) in [5.74, 6) is 0.536. The number of hydrogen-bond donors (Lipinski definition) is 3. The number of carbonyl (C=O) groups excluding carboxylic acids is 1. The molecule has 0 unspecified atom stereocenters. The van der Waals surface area contributed by atoms with Crippen molar-refractivity contribution in [2.45, 2.75) is 6.42 Å². The van der Waals surface area contributed by atoms with E-state index in [-0.39, 0.29) is 5.91 Å². The zero-order chi connectivity index (χ0) is 20.1. The number of methoxy groups -OCH3 is 1. The third-order valence-corrected chi connectivity index (χ3v) is 4.75. The molecule has 6 heteroatoms. The first-order valence-corrected chi connectivity index (χ1v) is 9.42. The zero-order valence-electron chi connectivity index (χ0n) is 16.1. The predicted molar refractivity (Wildman–Crippen MR) is 116 cm³/mol. The summed E-state index contributed by atoms with van der Waals surface area (Å²) in [5.41, 5.74) is 4.41. The highest BCUT2D eigenvalue weighted by Gasteiger charge is 2.08. The molecule has 0 aliphatic carbocycles. The van der Waals surface area contributed by atoms with Crippen molar-refractivity contribution in [1.82, 2.24) is 9.97 Å². The molecule has 2 aromatic carbocycles. The Morgan fingerprint density at radius 2 is 1.90 bits per heavy atom. The van der Waals surface area contributed by atoms with Crippen molar-refractivity contribution in [2.24, 2.45) is 0 Å².